The van der Waals surface area contributed by atoms with Crippen LogP contribution in [0.15, 0.2) is 84.9 Å². The quantitative estimate of drug-likeness (QED) is 0.490. The molecule has 6 heteroatoms. The molecule has 0 fully saturated rings. The highest BCUT2D eigenvalue weighted by molar-refractivity contribution is 5.94. The molecule has 3 amide bonds. The predicted octanol–water partition coefficient (Wildman–Crippen LogP) is 4.54. The Kier molecular flexibility index (Phi) is 8.26. The van der Waals surface area contributed by atoms with Crippen LogP contribution in [0.5, 0.6) is 0 Å². The van der Waals surface area contributed by atoms with Gasteiger partial charge in [-0.2, -0.15) is 0 Å². The Morgan fingerprint density at radius 3 is 2.00 bits per heavy atom. The minimum atomic E-state index is -0.236. The Labute approximate surface area is 189 Å². The standard InChI is InChI=1S/C26H30N4O2/c1-29(23-10-5-3-6-11-23)19-9-18-27-26(32)28-22-16-14-21(15-17-22)20-25(31)30(2)24-12-7-4-8-13-24/h3-8,10-17H,9,18-20H2,1-2H3,(H2,27,28,32). The summed E-state index contributed by atoms with van der Waals surface area (Å²) < 4.78 is 0. The number of anilines is 3. The zero-order valence-corrected chi connectivity index (χ0v) is 18.6. The Bertz CT molecular complexity index is 991. The van der Waals surface area contributed by atoms with E-state index in [0.29, 0.717) is 18.7 Å². The molecular formula is C26H30N4O2. The summed E-state index contributed by atoms with van der Waals surface area (Å²) in [6, 6.07) is 26.8. The smallest absolute Gasteiger partial charge is 0.319 e. The molecule has 2 N–H and O–H groups in total. The van der Waals surface area contributed by atoms with Crippen LogP contribution in [-0.4, -0.2) is 39.1 Å². The molecular weight excluding hydrogens is 400 g/mol. The van der Waals surface area contributed by atoms with Gasteiger partial charge >= 0.3 is 6.03 Å². The molecule has 0 bridgehead atoms. The maximum absolute atomic E-state index is 12.5. The number of amides is 3. The van der Waals surface area contributed by atoms with Crippen molar-refractivity contribution in [1.82, 2.24) is 5.32 Å². The van der Waals surface area contributed by atoms with Gasteiger partial charge in [-0.3, -0.25) is 4.79 Å². The zero-order valence-electron chi connectivity index (χ0n) is 18.6. The van der Waals surface area contributed by atoms with Gasteiger partial charge in [-0.05, 0) is 48.4 Å². The normalized spacial score (nSPS) is 10.3. The van der Waals surface area contributed by atoms with Crippen molar-refractivity contribution in [3.8, 4) is 0 Å². The molecule has 0 aliphatic heterocycles. The molecule has 0 aromatic heterocycles. The van der Waals surface area contributed by atoms with Crippen LogP contribution < -0.4 is 20.4 Å². The number of rotatable bonds is 9. The Morgan fingerprint density at radius 2 is 1.38 bits per heavy atom. The number of hydrogen-bond donors (Lipinski definition) is 2. The van der Waals surface area contributed by atoms with Gasteiger partial charge < -0.3 is 20.4 Å². The van der Waals surface area contributed by atoms with E-state index >= 15 is 0 Å². The molecule has 166 valence electrons. The summed E-state index contributed by atoms with van der Waals surface area (Å²) in [5.41, 5.74) is 3.61. The van der Waals surface area contributed by atoms with E-state index in [0.717, 1.165) is 29.9 Å². The van der Waals surface area contributed by atoms with E-state index < -0.39 is 0 Å². The Morgan fingerprint density at radius 1 is 0.781 bits per heavy atom. The van der Waals surface area contributed by atoms with Crippen molar-refractivity contribution >= 4 is 29.0 Å². The number of para-hydroxylation sites is 2. The first-order chi connectivity index (χ1) is 15.5. The van der Waals surface area contributed by atoms with Gasteiger partial charge in [-0.15, -0.1) is 0 Å². The molecule has 32 heavy (non-hydrogen) atoms. The molecule has 0 spiro atoms. The van der Waals surface area contributed by atoms with Gasteiger partial charge in [0.15, 0.2) is 0 Å². The maximum Gasteiger partial charge on any atom is 0.319 e. The van der Waals surface area contributed by atoms with Crippen LogP contribution in [0.25, 0.3) is 0 Å². The summed E-state index contributed by atoms with van der Waals surface area (Å²) in [7, 11) is 3.81. The van der Waals surface area contributed by atoms with Gasteiger partial charge in [0.2, 0.25) is 5.91 Å². The van der Waals surface area contributed by atoms with Crippen molar-refractivity contribution in [2.75, 3.05) is 42.3 Å². The van der Waals surface area contributed by atoms with Crippen molar-refractivity contribution in [2.24, 2.45) is 0 Å². The summed E-state index contributed by atoms with van der Waals surface area (Å²) in [5.74, 6) is 0.00937. The minimum Gasteiger partial charge on any atom is -0.375 e. The first kappa shape index (κ1) is 22.9. The highest BCUT2D eigenvalue weighted by atomic mass is 16.2. The molecule has 0 aliphatic rings. The topological polar surface area (TPSA) is 64.7 Å². The number of likely N-dealkylation sites (N-methyl/N-ethyl adjacent to an activating group) is 1. The van der Waals surface area contributed by atoms with E-state index in [1.807, 2.05) is 79.8 Å². The largest absolute Gasteiger partial charge is 0.375 e. The molecule has 0 aliphatic carbocycles. The second kappa shape index (κ2) is 11.6. The summed E-state index contributed by atoms with van der Waals surface area (Å²) >= 11 is 0. The van der Waals surface area contributed by atoms with Gasteiger partial charge in [0.05, 0.1) is 6.42 Å². The number of nitrogens with one attached hydrogen (secondary N) is 2. The predicted molar refractivity (Wildman–Crippen MR) is 131 cm³/mol. The van der Waals surface area contributed by atoms with Crippen molar-refractivity contribution in [3.63, 3.8) is 0 Å². The van der Waals surface area contributed by atoms with Crippen LogP contribution in [0.3, 0.4) is 0 Å². The number of carbonyl (C=O) groups excluding carboxylic acids is 2. The lowest BCUT2D eigenvalue weighted by molar-refractivity contribution is -0.117. The van der Waals surface area contributed by atoms with E-state index in [4.69, 9.17) is 0 Å². The highest BCUT2D eigenvalue weighted by Crippen LogP contribution is 2.15. The van der Waals surface area contributed by atoms with Crippen molar-refractivity contribution < 1.29 is 9.59 Å². The average Bonchev–Trinajstić information content (AvgIpc) is 2.83. The monoisotopic (exact) mass is 430 g/mol. The van der Waals surface area contributed by atoms with E-state index in [-0.39, 0.29) is 11.9 Å². The van der Waals surface area contributed by atoms with Crippen LogP contribution in [0.2, 0.25) is 0 Å². The molecule has 3 aromatic rings. The summed E-state index contributed by atoms with van der Waals surface area (Å²) in [6.45, 7) is 1.44. The van der Waals surface area contributed by atoms with E-state index in [1.54, 1.807) is 11.9 Å². The van der Waals surface area contributed by atoms with Gasteiger partial charge in [0, 0.05) is 44.2 Å². The van der Waals surface area contributed by atoms with Crippen molar-refractivity contribution in [2.45, 2.75) is 12.8 Å². The zero-order chi connectivity index (χ0) is 22.8. The first-order valence-corrected chi connectivity index (χ1v) is 10.7. The first-order valence-electron chi connectivity index (χ1n) is 10.7. The van der Waals surface area contributed by atoms with Crippen LogP contribution in [0.1, 0.15) is 12.0 Å². The van der Waals surface area contributed by atoms with E-state index in [2.05, 4.69) is 27.7 Å². The number of nitrogens with zero attached hydrogens (tertiary/aromatic N) is 2. The molecule has 0 unspecified atom stereocenters. The molecule has 0 saturated carbocycles. The maximum atomic E-state index is 12.5. The molecule has 0 heterocycles. The molecule has 3 rings (SSSR count). The van der Waals surface area contributed by atoms with Gasteiger partial charge in [0.25, 0.3) is 0 Å². The van der Waals surface area contributed by atoms with E-state index in [1.165, 1.54) is 0 Å². The van der Waals surface area contributed by atoms with Crippen molar-refractivity contribution in [3.05, 3.63) is 90.5 Å². The molecule has 0 atom stereocenters. The fourth-order valence-corrected chi connectivity index (χ4v) is 3.30. The molecule has 6 nitrogen and oxygen atoms in total. The highest BCUT2D eigenvalue weighted by Gasteiger charge is 2.11. The summed E-state index contributed by atoms with van der Waals surface area (Å²) in [4.78, 5) is 28.5. The van der Waals surface area contributed by atoms with Crippen LogP contribution in [0, 0.1) is 0 Å². The number of benzene rings is 3. The van der Waals surface area contributed by atoms with Gasteiger partial charge in [-0.1, -0.05) is 48.5 Å². The molecule has 0 saturated heterocycles. The third-order valence-corrected chi connectivity index (χ3v) is 5.24. The Hall–Kier alpha value is -3.80. The summed E-state index contributed by atoms with van der Waals surface area (Å²) in [5, 5.41) is 5.71. The number of urea groups is 1. The Balaban J connectivity index is 1.39. The number of hydrogen-bond acceptors (Lipinski definition) is 3. The van der Waals surface area contributed by atoms with Crippen molar-refractivity contribution in [1.29, 1.82) is 0 Å². The lowest BCUT2D eigenvalue weighted by atomic mass is 10.1. The second-order valence-electron chi connectivity index (χ2n) is 7.65. The van der Waals surface area contributed by atoms with Crippen LogP contribution in [0.4, 0.5) is 21.9 Å². The van der Waals surface area contributed by atoms with E-state index in [9.17, 15) is 9.59 Å². The third-order valence-electron chi connectivity index (χ3n) is 5.24. The third kappa shape index (κ3) is 6.87. The van der Waals surface area contributed by atoms with Crippen LogP contribution in [-0.2, 0) is 11.2 Å². The second-order valence-corrected chi connectivity index (χ2v) is 7.65. The summed E-state index contributed by atoms with van der Waals surface area (Å²) in [6.07, 6.45) is 1.14. The minimum absolute atomic E-state index is 0.00937. The lowest BCUT2D eigenvalue weighted by Gasteiger charge is -2.19. The fraction of sp³-hybridized carbons (Fsp3) is 0.231. The molecule has 0 radical (unpaired) electrons. The lowest BCUT2D eigenvalue weighted by Crippen LogP contribution is -2.31. The van der Waals surface area contributed by atoms with Gasteiger partial charge in [-0.25, -0.2) is 4.79 Å². The SMILES string of the molecule is CN(CCCNC(=O)Nc1ccc(CC(=O)N(C)c2ccccc2)cc1)c1ccccc1. The fourth-order valence-electron chi connectivity index (χ4n) is 3.30. The molecule has 3 aromatic carbocycles. The average molecular weight is 431 g/mol. The number of carbonyl (C=O) groups is 2. The van der Waals surface area contributed by atoms with Gasteiger partial charge in [0.1, 0.15) is 0 Å². The van der Waals surface area contributed by atoms with Crippen LogP contribution >= 0.6 is 0 Å².